The SMILES string of the molecule is C[C@H]1[C@@H](c2ccc(F)c(F)c2O)[C@H](C(=O)NC2=CC(C(N)=O)[N+](=O)C=C2)O[C@@]1(C)C(F)(F)F. The number of nitrogens with two attached hydrogens (primary N) is 1. The maximum absolute atomic E-state index is 14.0. The first-order valence-corrected chi connectivity index (χ1v) is 9.56. The van der Waals surface area contributed by atoms with Crippen molar-refractivity contribution in [1.29, 1.82) is 0 Å². The van der Waals surface area contributed by atoms with Crippen molar-refractivity contribution >= 4 is 11.8 Å². The van der Waals surface area contributed by atoms with Crippen LogP contribution in [-0.4, -0.2) is 45.6 Å². The number of nitrogens with zero attached hydrogens (tertiary/aromatic N) is 1. The molecule has 0 radical (unpaired) electrons. The van der Waals surface area contributed by atoms with Gasteiger partial charge in [-0.3, -0.25) is 9.59 Å². The van der Waals surface area contributed by atoms with Crippen LogP contribution in [0.4, 0.5) is 22.0 Å². The fraction of sp³-hybridized carbons (Fsp3) is 0.400. The lowest BCUT2D eigenvalue weighted by Crippen LogP contribution is -2.47. The van der Waals surface area contributed by atoms with E-state index in [4.69, 9.17) is 10.5 Å². The quantitative estimate of drug-likeness (QED) is 0.455. The molecule has 8 nitrogen and oxygen atoms in total. The molecule has 0 saturated carbocycles. The number of phenols is 1. The minimum atomic E-state index is -4.96. The van der Waals surface area contributed by atoms with Gasteiger partial charge in [0.15, 0.2) is 17.2 Å². The molecule has 0 aliphatic carbocycles. The van der Waals surface area contributed by atoms with Crippen LogP contribution in [0, 0.1) is 22.5 Å². The van der Waals surface area contributed by atoms with Gasteiger partial charge >= 0.3 is 12.2 Å². The van der Waals surface area contributed by atoms with E-state index in [9.17, 15) is 41.6 Å². The highest BCUT2D eigenvalue weighted by atomic mass is 19.4. The second-order valence-electron chi connectivity index (χ2n) is 7.89. The van der Waals surface area contributed by atoms with Gasteiger partial charge in [-0.1, -0.05) is 13.0 Å². The fourth-order valence-electron chi connectivity index (χ4n) is 3.90. The van der Waals surface area contributed by atoms with Crippen molar-refractivity contribution in [3.8, 4) is 5.75 Å². The maximum atomic E-state index is 14.0. The third-order valence-corrected chi connectivity index (χ3v) is 5.96. The van der Waals surface area contributed by atoms with Gasteiger partial charge in [0.2, 0.25) is 12.0 Å². The van der Waals surface area contributed by atoms with E-state index in [-0.39, 0.29) is 10.5 Å². The van der Waals surface area contributed by atoms with Gasteiger partial charge in [-0.25, -0.2) is 4.39 Å². The molecule has 1 unspecified atom stereocenters. The molecule has 0 spiro atoms. The van der Waals surface area contributed by atoms with E-state index in [1.165, 1.54) is 0 Å². The Morgan fingerprint density at radius 1 is 1.27 bits per heavy atom. The molecule has 2 aliphatic rings. The molecule has 33 heavy (non-hydrogen) atoms. The summed E-state index contributed by atoms with van der Waals surface area (Å²) < 4.78 is 74.3. The third kappa shape index (κ3) is 4.08. The number of carbonyl (C=O) groups excluding carboxylic acids is 2. The summed E-state index contributed by atoms with van der Waals surface area (Å²) in [6, 6.07) is 0.0150. The monoisotopic (exact) mass is 476 g/mol. The number of hydrogen-bond donors (Lipinski definition) is 3. The van der Waals surface area contributed by atoms with Crippen molar-refractivity contribution in [2.45, 2.75) is 43.7 Å². The lowest BCUT2D eigenvalue weighted by Gasteiger charge is -2.31. The smallest absolute Gasteiger partial charge is 0.417 e. The highest BCUT2D eigenvalue weighted by Crippen LogP contribution is 2.54. The predicted molar refractivity (Wildman–Crippen MR) is 101 cm³/mol. The molecule has 13 heteroatoms. The molecule has 0 bridgehead atoms. The third-order valence-electron chi connectivity index (χ3n) is 5.96. The number of nitroso groups, excluding NO2 is 1. The number of nitrogens with one attached hydrogen (secondary N) is 1. The van der Waals surface area contributed by atoms with Gasteiger partial charge < -0.3 is 20.9 Å². The Balaban J connectivity index is 2.02. The Hall–Kier alpha value is -3.35. The fourth-order valence-corrected chi connectivity index (χ4v) is 3.90. The highest BCUT2D eigenvalue weighted by molar-refractivity contribution is 5.86. The summed E-state index contributed by atoms with van der Waals surface area (Å²) in [6.45, 7) is 1.80. The number of rotatable bonds is 4. The van der Waals surface area contributed by atoms with Gasteiger partial charge in [0.05, 0.1) is 5.70 Å². The summed E-state index contributed by atoms with van der Waals surface area (Å²) in [4.78, 5) is 35.9. The van der Waals surface area contributed by atoms with Crippen molar-refractivity contribution in [1.82, 2.24) is 5.32 Å². The summed E-state index contributed by atoms with van der Waals surface area (Å²) in [7, 11) is 0. The zero-order chi connectivity index (χ0) is 24.9. The number of halogens is 5. The number of amides is 2. The molecular formula is C20H19F5N3O5+. The highest BCUT2D eigenvalue weighted by Gasteiger charge is 2.65. The summed E-state index contributed by atoms with van der Waals surface area (Å²) in [6.07, 6.45) is -3.93. The van der Waals surface area contributed by atoms with Crippen molar-refractivity contribution in [2.24, 2.45) is 11.7 Å². The number of alkyl halides is 3. The molecule has 1 fully saturated rings. The summed E-state index contributed by atoms with van der Waals surface area (Å²) >= 11 is 0. The number of primary amides is 1. The van der Waals surface area contributed by atoms with Crippen LogP contribution >= 0.6 is 0 Å². The topological polar surface area (TPSA) is 122 Å². The standard InChI is InChI=1S/C20H18F5N3O5/c1-8-13(10-3-4-11(21)14(22)15(10)29)16(33-19(8,2)20(23,24)25)18(31)27-9-5-6-28(32)12(7-9)17(26)30/h3-8,12-13,16H,1-2H3,(H3-,26,27,29,30,31)/p+1/t8-,12?,13-,16+,19+/m0/s1. The van der Waals surface area contributed by atoms with E-state index in [1.807, 2.05) is 0 Å². The molecule has 2 heterocycles. The average Bonchev–Trinajstić information content (AvgIpc) is 3.00. The van der Waals surface area contributed by atoms with Gasteiger partial charge in [0.25, 0.3) is 11.8 Å². The van der Waals surface area contributed by atoms with E-state index in [1.54, 1.807) is 0 Å². The van der Waals surface area contributed by atoms with Gasteiger partial charge in [-0.05, 0) is 13.0 Å². The van der Waals surface area contributed by atoms with E-state index in [0.717, 1.165) is 31.3 Å². The Morgan fingerprint density at radius 3 is 2.48 bits per heavy atom. The van der Waals surface area contributed by atoms with Gasteiger partial charge in [0.1, 0.15) is 6.10 Å². The molecule has 1 aromatic carbocycles. The molecule has 4 N–H and O–H groups in total. The lowest BCUT2D eigenvalue weighted by atomic mass is 9.77. The number of allylic oxidation sites excluding steroid dienone is 1. The van der Waals surface area contributed by atoms with Crippen LogP contribution in [0.5, 0.6) is 5.75 Å². The van der Waals surface area contributed by atoms with Crippen LogP contribution in [0.1, 0.15) is 25.3 Å². The summed E-state index contributed by atoms with van der Waals surface area (Å²) in [5.74, 6) is -9.59. The zero-order valence-corrected chi connectivity index (χ0v) is 17.2. The minimum absolute atomic E-state index is 0.124. The molecule has 1 aromatic rings. The summed E-state index contributed by atoms with van der Waals surface area (Å²) in [5.41, 5.74) is 1.64. The van der Waals surface area contributed by atoms with E-state index in [0.29, 0.717) is 13.0 Å². The number of ether oxygens (including phenoxy) is 1. The Morgan fingerprint density at radius 2 is 1.91 bits per heavy atom. The lowest BCUT2D eigenvalue weighted by molar-refractivity contribution is -0.495. The summed E-state index contributed by atoms with van der Waals surface area (Å²) in [5, 5.41) is 12.3. The molecular weight excluding hydrogens is 457 g/mol. The number of hydrogen-bond acceptors (Lipinski definition) is 5. The number of carbonyl (C=O) groups is 2. The molecule has 2 aliphatic heterocycles. The van der Waals surface area contributed by atoms with Crippen LogP contribution in [0.3, 0.4) is 0 Å². The van der Waals surface area contributed by atoms with Crippen LogP contribution in [0.25, 0.3) is 0 Å². The van der Waals surface area contributed by atoms with Crippen LogP contribution in [-0.2, 0) is 14.3 Å². The Bertz CT molecular complexity index is 1090. The normalized spacial score (nSPS) is 29.7. The molecule has 178 valence electrons. The van der Waals surface area contributed by atoms with E-state index < -0.39 is 70.5 Å². The van der Waals surface area contributed by atoms with Crippen molar-refractivity contribution < 1.29 is 46.1 Å². The van der Waals surface area contributed by atoms with E-state index in [2.05, 4.69) is 5.32 Å². The molecule has 5 atom stereocenters. The zero-order valence-electron chi connectivity index (χ0n) is 17.2. The molecule has 2 amide bonds. The van der Waals surface area contributed by atoms with Gasteiger partial charge in [-0.2, -0.15) is 17.6 Å². The van der Waals surface area contributed by atoms with E-state index >= 15 is 0 Å². The van der Waals surface area contributed by atoms with Crippen molar-refractivity contribution in [3.05, 3.63) is 58.3 Å². The van der Waals surface area contributed by atoms with Gasteiger partial charge in [-0.15, -0.1) is 0 Å². The van der Waals surface area contributed by atoms with Crippen LogP contribution < -0.4 is 11.1 Å². The first kappa shape index (κ1) is 24.3. The predicted octanol–water partition coefficient (Wildman–Crippen LogP) is 2.27. The minimum Gasteiger partial charge on any atom is -0.505 e. The largest absolute Gasteiger partial charge is 0.505 e. The molecule has 1 saturated heterocycles. The molecule has 0 aromatic heterocycles. The number of benzene rings is 1. The van der Waals surface area contributed by atoms with Crippen LogP contribution in [0.2, 0.25) is 0 Å². The van der Waals surface area contributed by atoms with Gasteiger partial charge in [0, 0.05) is 39.2 Å². The Labute approximate surface area is 183 Å². The number of aromatic hydroxyl groups is 1. The van der Waals surface area contributed by atoms with Crippen LogP contribution in [0.15, 0.2) is 36.2 Å². The van der Waals surface area contributed by atoms with Crippen molar-refractivity contribution in [2.75, 3.05) is 0 Å². The first-order chi connectivity index (χ1) is 15.2. The molecule has 3 rings (SSSR count). The Kier molecular flexibility index (Phi) is 6.04. The second kappa shape index (κ2) is 8.21. The maximum Gasteiger partial charge on any atom is 0.417 e. The first-order valence-electron chi connectivity index (χ1n) is 9.56. The average molecular weight is 476 g/mol. The van der Waals surface area contributed by atoms with Crippen molar-refractivity contribution in [3.63, 3.8) is 0 Å². The second-order valence-corrected chi connectivity index (χ2v) is 7.89. The number of phenolic OH excluding ortho intramolecular Hbond substituents is 1.